The highest BCUT2D eigenvalue weighted by Gasteiger charge is 2.03. The number of nitrogens with one attached hydrogen (secondary N) is 1. The standard InChI is InChI=1S/C11H15F2NO/c1-8(7-15)14-5-4-9-2-3-10(12)11(13)6-9/h2-3,6,8,14-15H,4-5,7H2,1H3. The van der Waals surface area contributed by atoms with Crippen molar-refractivity contribution in [3.63, 3.8) is 0 Å². The van der Waals surface area contributed by atoms with Gasteiger partial charge in [0.25, 0.3) is 0 Å². The van der Waals surface area contributed by atoms with E-state index >= 15 is 0 Å². The minimum atomic E-state index is -0.824. The summed E-state index contributed by atoms with van der Waals surface area (Å²) >= 11 is 0. The zero-order valence-corrected chi connectivity index (χ0v) is 8.63. The van der Waals surface area contributed by atoms with Crippen molar-refractivity contribution in [2.24, 2.45) is 0 Å². The number of halogens is 2. The molecule has 0 aliphatic rings. The largest absolute Gasteiger partial charge is 0.395 e. The summed E-state index contributed by atoms with van der Waals surface area (Å²) in [5.41, 5.74) is 0.742. The van der Waals surface area contributed by atoms with Crippen molar-refractivity contribution in [3.05, 3.63) is 35.4 Å². The first-order chi connectivity index (χ1) is 7.13. The van der Waals surface area contributed by atoms with Gasteiger partial charge in [0.1, 0.15) is 0 Å². The lowest BCUT2D eigenvalue weighted by molar-refractivity contribution is 0.252. The average molecular weight is 215 g/mol. The molecule has 4 heteroatoms. The second-order valence-electron chi connectivity index (χ2n) is 3.54. The summed E-state index contributed by atoms with van der Waals surface area (Å²) in [7, 11) is 0. The van der Waals surface area contributed by atoms with Crippen LogP contribution in [0.2, 0.25) is 0 Å². The molecule has 15 heavy (non-hydrogen) atoms. The topological polar surface area (TPSA) is 32.3 Å². The van der Waals surface area contributed by atoms with Crippen LogP contribution in [0.3, 0.4) is 0 Å². The fraction of sp³-hybridized carbons (Fsp3) is 0.455. The molecule has 0 fully saturated rings. The fourth-order valence-electron chi connectivity index (χ4n) is 1.22. The Morgan fingerprint density at radius 3 is 2.67 bits per heavy atom. The fourth-order valence-corrected chi connectivity index (χ4v) is 1.22. The molecule has 1 aromatic rings. The SMILES string of the molecule is CC(CO)NCCc1ccc(F)c(F)c1. The van der Waals surface area contributed by atoms with Crippen LogP contribution in [0.15, 0.2) is 18.2 Å². The molecule has 0 saturated heterocycles. The van der Waals surface area contributed by atoms with Crippen LogP contribution in [0, 0.1) is 11.6 Å². The third-order valence-electron chi connectivity index (χ3n) is 2.16. The predicted molar refractivity (Wildman–Crippen MR) is 54.6 cm³/mol. The highest BCUT2D eigenvalue weighted by molar-refractivity contribution is 5.18. The highest BCUT2D eigenvalue weighted by atomic mass is 19.2. The third kappa shape index (κ3) is 3.93. The van der Waals surface area contributed by atoms with Gasteiger partial charge in [-0.15, -0.1) is 0 Å². The minimum absolute atomic E-state index is 0.0234. The molecule has 0 aromatic heterocycles. The Kier molecular flexibility index (Phi) is 4.65. The second kappa shape index (κ2) is 5.78. The van der Waals surface area contributed by atoms with E-state index in [0.717, 1.165) is 11.6 Å². The van der Waals surface area contributed by atoms with Crippen molar-refractivity contribution >= 4 is 0 Å². The summed E-state index contributed by atoms with van der Waals surface area (Å²) in [5, 5.41) is 11.8. The van der Waals surface area contributed by atoms with Gasteiger partial charge < -0.3 is 10.4 Å². The van der Waals surface area contributed by atoms with Crippen LogP contribution in [-0.2, 0) is 6.42 Å². The molecule has 0 amide bonds. The smallest absolute Gasteiger partial charge is 0.159 e. The van der Waals surface area contributed by atoms with Crippen molar-refractivity contribution in [1.82, 2.24) is 5.32 Å². The molecular formula is C11H15F2NO. The zero-order valence-electron chi connectivity index (χ0n) is 8.63. The molecular weight excluding hydrogens is 200 g/mol. The van der Waals surface area contributed by atoms with E-state index in [0.29, 0.717) is 13.0 Å². The summed E-state index contributed by atoms with van der Waals surface area (Å²) in [4.78, 5) is 0. The van der Waals surface area contributed by atoms with E-state index in [9.17, 15) is 8.78 Å². The van der Waals surface area contributed by atoms with Gasteiger partial charge in [-0.05, 0) is 37.6 Å². The molecule has 0 spiro atoms. The number of aliphatic hydroxyl groups excluding tert-OH is 1. The molecule has 0 aliphatic heterocycles. The van der Waals surface area contributed by atoms with Gasteiger partial charge in [-0.3, -0.25) is 0 Å². The lowest BCUT2D eigenvalue weighted by Crippen LogP contribution is -2.30. The number of hydrogen-bond acceptors (Lipinski definition) is 2. The first kappa shape index (κ1) is 12.1. The molecule has 0 aliphatic carbocycles. The molecule has 0 heterocycles. The number of aliphatic hydroxyl groups is 1. The van der Waals surface area contributed by atoms with Crippen LogP contribution in [0.25, 0.3) is 0 Å². The van der Waals surface area contributed by atoms with Crippen LogP contribution >= 0.6 is 0 Å². The van der Waals surface area contributed by atoms with E-state index in [1.54, 1.807) is 6.07 Å². The Labute approximate surface area is 87.9 Å². The molecule has 2 N–H and O–H groups in total. The van der Waals surface area contributed by atoms with Crippen LogP contribution in [0.1, 0.15) is 12.5 Å². The molecule has 1 unspecified atom stereocenters. The van der Waals surface area contributed by atoms with Crippen LogP contribution < -0.4 is 5.32 Å². The van der Waals surface area contributed by atoms with Crippen molar-refractivity contribution < 1.29 is 13.9 Å². The van der Waals surface area contributed by atoms with E-state index in [1.165, 1.54) is 6.07 Å². The van der Waals surface area contributed by atoms with Crippen LogP contribution in [-0.4, -0.2) is 24.3 Å². The maximum atomic E-state index is 12.8. The van der Waals surface area contributed by atoms with Gasteiger partial charge >= 0.3 is 0 Å². The highest BCUT2D eigenvalue weighted by Crippen LogP contribution is 2.08. The summed E-state index contributed by atoms with van der Waals surface area (Å²) in [6.45, 7) is 2.55. The molecule has 0 radical (unpaired) electrons. The van der Waals surface area contributed by atoms with E-state index in [2.05, 4.69) is 5.32 Å². The van der Waals surface area contributed by atoms with Crippen LogP contribution in [0.4, 0.5) is 8.78 Å². The van der Waals surface area contributed by atoms with Gasteiger partial charge in [0, 0.05) is 6.04 Å². The Morgan fingerprint density at radius 1 is 1.33 bits per heavy atom. The molecule has 0 bridgehead atoms. The first-order valence-corrected chi connectivity index (χ1v) is 4.91. The van der Waals surface area contributed by atoms with Gasteiger partial charge in [0.05, 0.1) is 6.61 Å². The predicted octanol–water partition coefficient (Wildman–Crippen LogP) is 1.48. The van der Waals surface area contributed by atoms with Crippen molar-refractivity contribution in [1.29, 1.82) is 0 Å². The number of rotatable bonds is 5. The maximum Gasteiger partial charge on any atom is 0.159 e. The van der Waals surface area contributed by atoms with Gasteiger partial charge in [-0.1, -0.05) is 6.07 Å². The van der Waals surface area contributed by atoms with Gasteiger partial charge in [-0.2, -0.15) is 0 Å². The molecule has 1 atom stereocenters. The molecule has 84 valence electrons. The molecule has 1 aromatic carbocycles. The van der Waals surface area contributed by atoms with E-state index in [4.69, 9.17) is 5.11 Å². The van der Waals surface area contributed by atoms with Crippen LogP contribution in [0.5, 0.6) is 0 Å². The minimum Gasteiger partial charge on any atom is -0.395 e. The number of benzene rings is 1. The lowest BCUT2D eigenvalue weighted by atomic mass is 10.1. The summed E-state index contributed by atoms with van der Waals surface area (Å²) in [6.07, 6.45) is 0.613. The Bertz CT molecular complexity index is 317. The second-order valence-corrected chi connectivity index (χ2v) is 3.54. The van der Waals surface area contributed by atoms with Crippen molar-refractivity contribution in [2.45, 2.75) is 19.4 Å². The summed E-state index contributed by atoms with van der Waals surface area (Å²) in [5.74, 6) is -1.64. The number of hydrogen-bond donors (Lipinski definition) is 2. The van der Waals surface area contributed by atoms with E-state index in [1.807, 2.05) is 6.92 Å². The Morgan fingerprint density at radius 2 is 2.07 bits per heavy atom. The average Bonchev–Trinajstić information content (AvgIpc) is 2.23. The third-order valence-corrected chi connectivity index (χ3v) is 2.16. The molecule has 2 nitrogen and oxygen atoms in total. The Balaban J connectivity index is 2.41. The van der Waals surface area contributed by atoms with Gasteiger partial charge in [0.15, 0.2) is 11.6 Å². The summed E-state index contributed by atoms with van der Waals surface area (Å²) in [6, 6.07) is 3.90. The van der Waals surface area contributed by atoms with E-state index < -0.39 is 11.6 Å². The van der Waals surface area contributed by atoms with Crippen molar-refractivity contribution in [2.75, 3.05) is 13.2 Å². The monoisotopic (exact) mass is 215 g/mol. The quantitative estimate of drug-likeness (QED) is 0.779. The van der Waals surface area contributed by atoms with Gasteiger partial charge in [-0.25, -0.2) is 8.78 Å². The van der Waals surface area contributed by atoms with Gasteiger partial charge in [0.2, 0.25) is 0 Å². The zero-order chi connectivity index (χ0) is 11.3. The summed E-state index contributed by atoms with van der Waals surface area (Å²) < 4.78 is 25.4. The normalized spacial score (nSPS) is 12.8. The first-order valence-electron chi connectivity index (χ1n) is 4.91. The van der Waals surface area contributed by atoms with Crippen molar-refractivity contribution in [3.8, 4) is 0 Å². The molecule has 0 saturated carbocycles. The molecule has 1 rings (SSSR count). The maximum absolute atomic E-state index is 12.8. The van der Waals surface area contributed by atoms with E-state index in [-0.39, 0.29) is 12.6 Å². The lowest BCUT2D eigenvalue weighted by Gasteiger charge is -2.10. The Hall–Kier alpha value is -1.00.